The number of anilines is 1. The molecule has 24 heavy (non-hydrogen) atoms. The maximum atomic E-state index is 12.4. The predicted molar refractivity (Wildman–Crippen MR) is 97.5 cm³/mol. The second-order valence-electron chi connectivity index (χ2n) is 5.36. The van der Waals surface area contributed by atoms with Gasteiger partial charge >= 0.3 is 0 Å². The molecule has 0 saturated carbocycles. The Kier molecular flexibility index (Phi) is 6.50. The molecule has 128 valence electrons. The van der Waals surface area contributed by atoms with Crippen LogP contribution in [0.1, 0.15) is 36.2 Å². The first kappa shape index (κ1) is 18.1. The molecule has 5 heteroatoms. The van der Waals surface area contributed by atoms with E-state index in [4.69, 9.17) is 21.1 Å². The predicted octanol–water partition coefficient (Wildman–Crippen LogP) is 5.09. The lowest BCUT2D eigenvalue weighted by atomic mass is 10.1. The summed E-state index contributed by atoms with van der Waals surface area (Å²) in [6.45, 7) is 6.95. The fraction of sp³-hybridized carbons (Fsp3) is 0.316. The van der Waals surface area contributed by atoms with Crippen LogP contribution < -0.4 is 14.8 Å². The van der Waals surface area contributed by atoms with E-state index in [9.17, 15) is 4.79 Å². The molecule has 4 nitrogen and oxygen atoms in total. The van der Waals surface area contributed by atoms with Gasteiger partial charge in [-0.15, -0.1) is 0 Å². The van der Waals surface area contributed by atoms with Gasteiger partial charge in [0.2, 0.25) is 0 Å². The Morgan fingerprint density at radius 1 is 1.08 bits per heavy atom. The van der Waals surface area contributed by atoms with Crippen molar-refractivity contribution in [2.75, 3.05) is 18.5 Å². The number of carbonyl (C=O) groups is 1. The highest BCUT2D eigenvalue weighted by Gasteiger charge is 2.12. The molecule has 0 radical (unpaired) electrons. The maximum Gasteiger partial charge on any atom is 0.255 e. The smallest absolute Gasteiger partial charge is 0.255 e. The van der Waals surface area contributed by atoms with E-state index in [2.05, 4.69) is 5.32 Å². The largest absolute Gasteiger partial charge is 0.490 e. The molecular formula is C19H22ClNO3. The second-order valence-corrected chi connectivity index (χ2v) is 5.77. The van der Waals surface area contributed by atoms with Crippen molar-refractivity contribution in [2.45, 2.75) is 27.2 Å². The van der Waals surface area contributed by atoms with Crippen molar-refractivity contribution in [1.29, 1.82) is 0 Å². The van der Waals surface area contributed by atoms with Crippen LogP contribution in [0, 0.1) is 6.92 Å². The van der Waals surface area contributed by atoms with Gasteiger partial charge in [-0.1, -0.05) is 24.6 Å². The van der Waals surface area contributed by atoms with Gasteiger partial charge in [0.25, 0.3) is 5.91 Å². The van der Waals surface area contributed by atoms with Crippen molar-refractivity contribution >= 4 is 23.2 Å². The highest BCUT2D eigenvalue weighted by Crippen LogP contribution is 2.29. The second kappa shape index (κ2) is 8.60. The third-order valence-electron chi connectivity index (χ3n) is 3.40. The molecule has 0 saturated heterocycles. The number of hydrogen-bond donors (Lipinski definition) is 1. The average molecular weight is 348 g/mol. The first-order valence-corrected chi connectivity index (χ1v) is 8.40. The zero-order valence-corrected chi connectivity index (χ0v) is 14.9. The number of benzene rings is 2. The molecule has 0 aliphatic rings. The molecule has 0 aliphatic carbocycles. The lowest BCUT2D eigenvalue weighted by Gasteiger charge is -2.13. The van der Waals surface area contributed by atoms with Gasteiger partial charge in [0.15, 0.2) is 11.5 Å². The molecule has 0 aromatic heterocycles. The lowest BCUT2D eigenvalue weighted by Crippen LogP contribution is -2.12. The number of carbonyl (C=O) groups excluding carboxylic acids is 1. The summed E-state index contributed by atoms with van der Waals surface area (Å²) >= 11 is 6.09. The van der Waals surface area contributed by atoms with Crippen LogP contribution in [-0.2, 0) is 0 Å². The molecule has 0 bridgehead atoms. The summed E-state index contributed by atoms with van der Waals surface area (Å²) in [7, 11) is 0. The van der Waals surface area contributed by atoms with E-state index in [-0.39, 0.29) is 5.91 Å². The Hall–Kier alpha value is -2.20. The third kappa shape index (κ3) is 4.65. The summed E-state index contributed by atoms with van der Waals surface area (Å²) in [5.74, 6) is 0.993. The van der Waals surface area contributed by atoms with Crippen LogP contribution in [-0.4, -0.2) is 19.1 Å². The lowest BCUT2D eigenvalue weighted by molar-refractivity contribution is 0.102. The third-order valence-corrected chi connectivity index (χ3v) is 3.80. The van der Waals surface area contributed by atoms with Crippen LogP contribution in [0.4, 0.5) is 5.69 Å². The molecule has 2 aromatic rings. The minimum atomic E-state index is -0.224. The van der Waals surface area contributed by atoms with E-state index in [0.29, 0.717) is 41.0 Å². The molecular weight excluding hydrogens is 326 g/mol. The number of aryl methyl sites for hydroxylation is 1. The van der Waals surface area contributed by atoms with Gasteiger partial charge in [-0.25, -0.2) is 0 Å². The quantitative estimate of drug-likeness (QED) is 0.759. The Labute approximate surface area is 147 Å². The standard InChI is InChI=1S/C19H22ClNO3/c1-4-10-24-17-9-7-14(11-18(17)23-5-2)19(22)21-15-8-6-13(3)16(20)12-15/h6-9,11-12H,4-5,10H2,1-3H3,(H,21,22). The molecule has 0 heterocycles. The summed E-state index contributed by atoms with van der Waals surface area (Å²) < 4.78 is 11.2. The van der Waals surface area contributed by atoms with Crippen molar-refractivity contribution in [1.82, 2.24) is 0 Å². The van der Waals surface area contributed by atoms with Crippen LogP contribution in [0.3, 0.4) is 0 Å². The molecule has 1 N–H and O–H groups in total. The van der Waals surface area contributed by atoms with E-state index < -0.39 is 0 Å². The van der Waals surface area contributed by atoms with Crippen LogP contribution in [0.2, 0.25) is 5.02 Å². The van der Waals surface area contributed by atoms with E-state index in [1.807, 2.05) is 32.9 Å². The number of rotatable bonds is 7. The van der Waals surface area contributed by atoms with Crippen molar-refractivity contribution in [2.24, 2.45) is 0 Å². The first-order chi connectivity index (χ1) is 11.5. The van der Waals surface area contributed by atoms with Crippen molar-refractivity contribution in [3.8, 4) is 11.5 Å². The van der Waals surface area contributed by atoms with E-state index in [1.165, 1.54) is 0 Å². The van der Waals surface area contributed by atoms with Crippen LogP contribution >= 0.6 is 11.6 Å². The molecule has 0 aliphatic heterocycles. The molecule has 0 atom stereocenters. The number of amides is 1. The van der Waals surface area contributed by atoms with E-state index >= 15 is 0 Å². The monoisotopic (exact) mass is 347 g/mol. The van der Waals surface area contributed by atoms with Crippen LogP contribution in [0.15, 0.2) is 36.4 Å². The topological polar surface area (TPSA) is 47.6 Å². The summed E-state index contributed by atoms with van der Waals surface area (Å²) in [5.41, 5.74) is 2.12. The van der Waals surface area contributed by atoms with Crippen molar-refractivity contribution in [3.63, 3.8) is 0 Å². The Morgan fingerprint density at radius 2 is 1.88 bits per heavy atom. The molecule has 1 amide bonds. The normalized spacial score (nSPS) is 10.3. The summed E-state index contributed by atoms with van der Waals surface area (Å²) in [6.07, 6.45) is 0.905. The maximum absolute atomic E-state index is 12.4. The number of ether oxygens (including phenoxy) is 2. The Morgan fingerprint density at radius 3 is 2.54 bits per heavy atom. The molecule has 2 aromatic carbocycles. The van der Waals surface area contributed by atoms with Crippen molar-refractivity contribution < 1.29 is 14.3 Å². The number of nitrogens with one attached hydrogen (secondary N) is 1. The number of hydrogen-bond acceptors (Lipinski definition) is 3. The van der Waals surface area contributed by atoms with Gasteiger partial charge in [-0.3, -0.25) is 4.79 Å². The van der Waals surface area contributed by atoms with Gasteiger partial charge in [0.1, 0.15) is 0 Å². The van der Waals surface area contributed by atoms with Gasteiger partial charge in [0, 0.05) is 16.3 Å². The fourth-order valence-electron chi connectivity index (χ4n) is 2.12. The van der Waals surface area contributed by atoms with Crippen LogP contribution in [0.5, 0.6) is 11.5 Å². The van der Waals surface area contributed by atoms with Gasteiger partial charge < -0.3 is 14.8 Å². The minimum absolute atomic E-state index is 0.224. The average Bonchev–Trinajstić information content (AvgIpc) is 2.57. The van der Waals surface area contributed by atoms with Crippen LogP contribution in [0.25, 0.3) is 0 Å². The van der Waals surface area contributed by atoms with Crippen molar-refractivity contribution in [3.05, 3.63) is 52.5 Å². The molecule has 0 unspecified atom stereocenters. The zero-order chi connectivity index (χ0) is 17.5. The first-order valence-electron chi connectivity index (χ1n) is 8.02. The Bertz CT molecular complexity index is 716. The molecule has 2 rings (SSSR count). The van der Waals surface area contributed by atoms with E-state index in [1.54, 1.807) is 24.3 Å². The number of halogens is 1. The summed E-state index contributed by atoms with van der Waals surface area (Å²) in [4.78, 5) is 12.4. The SMILES string of the molecule is CCCOc1ccc(C(=O)Nc2ccc(C)c(Cl)c2)cc1OCC. The highest BCUT2D eigenvalue weighted by atomic mass is 35.5. The van der Waals surface area contributed by atoms with E-state index in [0.717, 1.165) is 12.0 Å². The Balaban J connectivity index is 2.18. The summed E-state index contributed by atoms with van der Waals surface area (Å²) in [6, 6.07) is 10.6. The molecule has 0 spiro atoms. The molecule has 0 fully saturated rings. The zero-order valence-electron chi connectivity index (χ0n) is 14.2. The minimum Gasteiger partial charge on any atom is -0.490 e. The fourth-order valence-corrected chi connectivity index (χ4v) is 2.30. The van der Waals surface area contributed by atoms with Gasteiger partial charge in [0.05, 0.1) is 13.2 Å². The highest BCUT2D eigenvalue weighted by molar-refractivity contribution is 6.31. The van der Waals surface area contributed by atoms with Gasteiger partial charge in [-0.2, -0.15) is 0 Å². The van der Waals surface area contributed by atoms with Gasteiger partial charge in [-0.05, 0) is 56.2 Å². The summed E-state index contributed by atoms with van der Waals surface area (Å²) in [5, 5.41) is 3.46.